The molecule has 0 unspecified atom stereocenters. The molecule has 1 saturated heterocycles. The van der Waals surface area contributed by atoms with Gasteiger partial charge in [0.05, 0.1) is 11.3 Å². The van der Waals surface area contributed by atoms with E-state index in [1.807, 2.05) is 30.4 Å². The van der Waals surface area contributed by atoms with Gasteiger partial charge in [0.15, 0.2) is 0 Å². The van der Waals surface area contributed by atoms with E-state index in [0.29, 0.717) is 5.56 Å². The first-order valence-corrected chi connectivity index (χ1v) is 10.9. The number of anilines is 1. The number of rotatable bonds is 4. The van der Waals surface area contributed by atoms with E-state index in [1.54, 1.807) is 18.3 Å². The monoisotopic (exact) mass is 501 g/mol. The van der Waals surface area contributed by atoms with Crippen LogP contribution in [0, 0.1) is 17.1 Å². The quantitative estimate of drug-likeness (QED) is 0.441. The average Bonchev–Trinajstić information content (AvgIpc) is 3.29. The van der Waals surface area contributed by atoms with Crippen molar-refractivity contribution in [1.29, 1.82) is 5.26 Å². The summed E-state index contributed by atoms with van der Waals surface area (Å²) in [6, 6.07) is 14.6. The molecule has 0 spiro atoms. The first-order valence-electron chi connectivity index (χ1n) is 10.9. The minimum Gasteiger partial charge on any atom is -0.475 e. The molecule has 0 amide bonds. The van der Waals surface area contributed by atoms with Crippen LogP contribution in [0.5, 0.6) is 0 Å². The first-order chi connectivity index (χ1) is 17.1. The Morgan fingerprint density at radius 2 is 1.81 bits per heavy atom. The number of carbonyl (C=O) groups is 1. The van der Waals surface area contributed by atoms with Crippen molar-refractivity contribution < 1.29 is 27.5 Å². The van der Waals surface area contributed by atoms with Crippen LogP contribution in [-0.2, 0) is 4.79 Å². The number of nitrogens with two attached hydrogens (primary N) is 1. The molecule has 7 nitrogen and oxygen atoms in total. The van der Waals surface area contributed by atoms with Crippen LogP contribution in [0.3, 0.4) is 0 Å². The Morgan fingerprint density at radius 3 is 2.39 bits per heavy atom. The van der Waals surface area contributed by atoms with Crippen molar-refractivity contribution in [2.75, 3.05) is 18.0 Å². The van der Waals surface area contributed by atoms with Gasteiger partial charge in [0, 0.05) is 36.6 Å². The number of benzene rings is 1. The molecular formula is C25H23F4N5O2. The van der Waals surface area contributed by atoms with Crippen LogP contribution in [-0.4, -0.2) is 46.4 Å². The molecule has 1 aromatic carbocycles. The van der Waals surface area contributed by atoms with Gasteiger partial charge in [0.25, 0.3) is 0 Å². The van der Waals surface area contributed by atoms with Gasteiger partial charge in [-0.2, -0.15) is 18.4 Å². The molecule has 0 radical (unpaired) electrons. The van der Waals surface area contributed by atoms with Gasteiger partial charge in [0.1, 0.15) is 17.7 Å². The standard InChI is InChI=1S/C23H22FN5.C2HF3O2/c24-19-4-1-16(2-5-19)3-6-21-13-17(7-10-27-21)22-14-18(15-25)23(28-22)29-11-8-20(26)9-12-29;3-2(4,5)1(6)7/h1-7,10,13-14,20,28H,8-9,11-12,26H2;(H,6,7)/b6-3+;. The maximum Gasteiger partial charge on any atom is 0.490 e. The number of aromatic amines is 1. The van der Waals surface area contributed by atoms with Gasteiger partial charge in [-0.1, -0.05) is 18.2 Å². The summed E-state index contributed by atoms with van der Waals surface area (Å²) in [7, 11) is 0. The fraction of sp³-hybridized carbons (Fsp3) is 0.240. The van der Waals surface area contributed by atoms with Gasteiger partial charge < -0.3 is 20.7 Å². The number of alkyl halides is 3. The molecule has 4 rings (SSSR count). The van der Waals surface area contributed by atoms with E-state index < -0.39 is 12.1 Å². The van der Waals surface area contributed by atoms with Gasteiger partial charge in [-0.3, -0.25) is 4.98 Å². The first kappa shape index (κ1) is 26.4. The molecule has 36 heavy (non-hydrogen) atoms. The second kappa shape index (κ2) is 11.5. The van der Waals surface area contributed by atoms with Crippen LogP contribution in [0.1, 0.15) is 29.7 Å². The van der Waals surface area contributed by atoms with Crippen LogP contribution >= 0.6 is 0 Å². The second-order valence-corrected chi connectivity index (χ2v) is 8.04. The highest BCUT2D eigenvalue weighted by atomic mass is 19.4. The summed E-state index contributed by atoms with van der Waals surface area (Å²) in [5, 5.41) is 16.7. The van der Waals surface area contributed by atoms with Crippen molar-refractivity contribution in [3.05, 3.63) is 71.3 Å². The van der Waals surface area contributed by atoms with Crippen molar-refractivity contribution in [3.8, 4) is 17.3 Å². The minimum absolute atomic E-state index is 0.238. The number of hydrogen-bond donors (Lipinski definition) is 3. The Kier molecular flexibility index (Phi) is 8.45. The van der Waals surface area contributed by atoms with Crippen LogP contribution in [0.25, 0.3) is 23.4 Å². The molecule has 1 aliphatic heterocycles. The second-order valence-electron chi connectivity index (χ2n) is 8.04. The predicted molar refractivity (Wildman–Crippen MR) is 127 cm³/mol. The van der Waals surface area contributed by atoms with E-state index in [2.05, 4.69) is 20.9 Å². The molecule has 1 aliphatic rings. The summed E-state index contributed by atoms with van der Waals surface area (Å²) in [6.45, 7) is 1.69. The highest BCUT2D eigenvalue weighted by Crippen LogP contribution is 2.29. The molecule has 0 aliphatic carbocycles. The lowest BCUT2D eigenvalue weighted by molar-refractivity contribution is -0.192. The number of piperidine rings is 1. The lowest BCUT2D eigenvalue weighted by Gasteiger charge is -2.31. The van der Waals surface area contributed by atoms with Crippen molar-refractivity contribution in [3.63, 3.8) is 0 Å². The van der Waals surface area contributed by atoms with Gasteiger partial charge in [0.2, 0.25) is 0 Å². The Balaban J connectivity index is 0.000000454. The summed E-state index contributed by atoms with van der Waals surface area (Å²) in [5.74, 6) is -2.16. The number of nitrogens with one attached hydrogen (secondary N) is 1. The summed E-state index contributed by atoms with van der Waals surface area (Å²) < 4.78 is 44.8. The largest absolute Gasteiger partial charge is 0.490 e. The van der Waals surface area contributed by atoms with Crippen molar-refractivity contribution in [1.82, 2.24) is 9.97 Å². The molecule has 0 saturated carbocycles. The Hall–Kier alpha value is -4.17. The fourth-order valence-electron chi connectivity index (χ4n) is 3.52. The zero-order valence-electron chi connectivity index (χ0n) is 19.0. The highest BCUT2D eigenvalue weighted by molar-refractivity contribution is 5.74. The average molecular weight is 501 g/mol. The van der Waals surface area contributed by atoms with E-state index in [4.69, 9.17) is 15.6 Å². The maximum absolute atomic E-state index is 13.0. The lowest BCUT2D eigenvalue weighted by Crippen LogP contribution is -2.40. The van der Waals surface area contributed by atoms with E-state index in [0.717, 1.165) is 54.3 Å². The molecule has 188 valence electrons. The summed E-state index contributed by atoms with van der Waals surface area (Å²) in [4.78, 5) is 18.9. The van der Waals surface area contributed by atoms with Crippen LogP contribution in [0.4, 0.5) is 23.4 Å². The number of hydrogen-bond acceptors (Lipinski definition) is 5. The molecule has 3 aromatic rings. The van der Waals surface area contributed by atoms with E-state index in [-0.39, 0.29) is 11.9 Å². The number of H-pyrrole nitrogens is 1. The molecule has 11 heteroatoms. The number of pyridine rings is 1. The molecule has 1 fully saturated rings. The third-order valence-electron chi connectivity index (χ3n) is 5.42. The number of aromatic nitrogens is 2. The topological polar surface area (TPSA) is 119 Å². The number of carboxylic acid groups (broad SMARTS) is 1. The molecule has 2 aromatic heterocycles. The third-order valence-corrected chi connectivity index (χ3v) is 5.42. The smallest absolute Gasteiger partial charge is 0.475 e. The van der Waals surface area contributed by atoms with Crippen LogP contribution < -0.4 is 10.6 Å². The predicted octanol–water partition coefficient (Wildman–Crippen LogP) is 4.82. The summed E-state index contributed by atoms with van der Waals surface area (Å²) >= 11 is 0. The molecule has 3 heterocycles. The molecule has 0 atom stereocenters. The Morgan fingerprint density at radius 1 is 1.17 bits per heavy atom. The number of nitrogens with zero attached hydrogens (tertiary/aromatic N) is 3. The van der Waals surface area contributed by atoms with E-state index in [9.17, 15) is 22.8 Å². The van der Waals surface area contributed by atoms with Crippen molar-refractivity contribution in [2.45, 2.75) is 25.1 Å². The normalized spacial score (nSPS) is 14.3. The van der Waals surface area contributed by atoms with Gasteiger partial charge >= 0.3 is 12.1 Å². The van der Waals surface area contributed by atoms with Crippen LogP contribution in [0.2, 0.25) is 0 Å². The highest BCUT2D eigenvalue weighted by Gasteiger charge is 2.38. The number of nitriles is 1. The Labute approximate surface area is 204 Å². The summed E-state index contributed by atoms with van der Waals surface area (Å²) in [5.41, 5.74) is 10.2. The zero-order valence-corrected chi connectivity index (χ0v) is 19.0. The SMILES string of the molecule is N#Cc1cc(-c2ccnc(/C=C/c3ccc(F)cc3)c2)[nH]c1N1CCC(N)CC1.O=C(O)C(F)(F)F. The molecule has 0 bridgehead atoms. The zero-order chi connectivity index (χ0) is 26.3. The van der Waals surface area contributed by atoms with E-state index in [1.165, 1.54) is 12.1 Å². The van der Waals surface area contributed by atoms with Gasteiger partial charge in [-0.15, -0.1) is 0 Å². The molecule has 4 N–H and O–H groups in total. The van der Waals surface area contributed by atoms with Gasteiger partial charge in [-0.05, 0) is 54.8 Å². The Bertz CT molecular complexity index is 1250. The molecular weight excluding hydrogens is 478 g/mol. The summed E-state index contributed by atoms with van der Waals surface area (Å²) in [6.07, 6.45) is 2.28. The van der Waals surface area contributed by atoms with Crippen LogP contribution in [0.15, 0.2) is 48.7 Å². The number of halogens is 4. The number of aliphatic carboxylic acids is 1. The van der Waals surface area contributed by atoms with Gasteiger partial charge in [-0.25, -0.2) is 9.18 Å². The van der Waals surface area contributed by atoms with E-state index >= 15 is 0 Å². The number of carboxylic acids is 1. The van der Waals surface area contributed by atoms with Crippen molar-refractivity contribution >= 4 is 23.9 Å². The lowest BCUT2D eigenvalue weighted by atomic mass is 10.1. The third kappa shape index (κ3) is 7.16. The fourth-order valence-corrected chi connectivity index (χ4v) is 3.52. The minimum atomic E-state index is -5.08. The van der Waals surface area contributed by atoms with Crippen molar-refractivity contribution in [2.24, 2.45) is 5.73 Å². The maximum atomic E-state index is 13.0.